The van der Waals surface area contributed by atoms with Gasteiger partial charge in [0.1, 0.15) is 5.82 Å². The van der Waals surface area contributed by atoms with E-state index in [1.54, 1.807) is 6.07 Å². The second-order valence-corrected chi connectivity index (χ2v) is 7.41. The Bertz CT molecular complexity index is 813. The second kappa shape index (κ2) is 14.4. The second-order valence-electron chi connectivity index (χ2n) is 7.41. The molecule has 7 heteroatoms. The van der Waals surface area contributed by atoms with Gasteiger partial charge in [-0.25, -0.2) is 9.38 Å². The number of aliphatic imine (C=N–C) groups is 1. The quantitative estimate of drug-likeness (QED) is 0.280. The van der Waals surface area contributed by atoms with Crippen LogP contribution in [0.3, 0.4) is 0 Å². The fourth-order valence-electron chi connectivity index (χ4n) is 3.40. The minimum atomic E-state index is -0.166. The monoisotopic (exact) mass is 541 g/mol. The molecular weight excluding hydrogens is 508 g/mol. The SMILES string of the molecule is CCNC(=NCc1cccc(COC2CCOCC2)c1)NCCc1ccccc1F.I. The lowest BCUT2D eigenvalue weighted by Gasteiger charge is -2.22. The van der Waals surface area contributed by atoms with Gasteiger partial charge < -0.3 is 20.1 Å². The molecule has 5 nitrogen and oxygen atoms in total. The summed E-state index contributed by atoms with van der Waals surface area (Å²) in [5.41, 5.74) is 3.00. The lowest BCUT2D eigenvalue weighted by Crippen LogP contribution is -2.38. The number of nitrogens with zero attached hydrogens (tertiary/aromatic N) is 1. The summed E-state index contributed by atoms with van der Waals surface area (Å²) in [6.45, 7) is 6.18. The summed E-state index contributed by atoms with van der Waals surface area (Å²) < 4.78 is 25.2. The first-order valence-corrected chi connectivity index (χ1v) is 10.8. The number of hydrogen-bond donors (Lipinski definition) is 2. The number of rotatable bonds is 9. The fourth-order valence-corrected chi connectivity index (χ4v) is 3.40. The van der Waals surface area contributed by atoms with Crippen LogP contribution in [0.2, 0.25) is 0 Å². The summed E-state index contributed by atoms with van der Waals surface area (Å²) in [6.07, 6.45) is 2.83. The van der Waals surface area contributed by atoms with Gasteiger partial charge in [0, 0.05) is 26.3 Å². The predicted molar refractivity (Wildman–Crippen MR) is 133 cm³/mol. The maximum Gasteiger partial charge on any atom is 0.191 e. The van der Waals surface area contributed by atoms with Crippen molar-refractivity contribution in [2.45, 2.75) is 45.4 Å². The molecule has 1 aliphatic rings. The molecule has 0 aliphatic carbocycles. The van der Waals surface area contributed by atoms with Crippen molar-refractivity contribution in [2.24, 2.45) is 4.99 Å². The van der Waals surface area contributed by atoms with Gasteiger partial charge in [0.2, 0.25) is 0 Å². The first-order chi connectivity index (χ1) is 14.7. The molecule has 1 saturated heterocycles. The van der Waals surface area contributed by atoms with Gasteiger partial charge in [-0.15, -0.1) is 24.0 Å². The molecule has 0 unspecified atom stereocenters. The molecule has 31 heavy (non-hydrogen) atoms. The standard InChI is InChI=1S/C24H32FN3O2.HI/c1-2-26-24(27-13-10-21-8-3-4-9-23(21)25)28-17-19-6-5-7-20(16-19)18-30-22-11-14-29-15-12-22;/h3-9,16,22H,2,10-15,17-18H2,1H3,(H2,26,27,28);1H. The van der Waals surface area contributed by atoms with Crippen LogP contribution in [0.15, 0.2) is 53.5 Å². The van der Waals surface area contributed by atoms with Crippen LogP contribution in [-0.2, 0) is 29.0 Å². The molecule has 0 aromatic heterocycles. The predicted octanol–water partition coefficient (Wildman–Crippen LogP) is 4.44. The third kappa shape index (κ3) is 9.13. The molecule has 2 aromatic rings. The van der Waals surface area contributed by atoms with Gasteiger partial charge >= 0.3 is 0 Å². The van der Waals surface area contributed by atoms with Crippen LogP contribution in [0.4, 0.5) is 4.39 Å². The van der Waals surface area contributed by atoms with Crippen molar-refractivity contribution in [3.63, 3.8) is 0 Å². The van der Waals surface area contributed by atoms with E-state index in [4.69, 9.17) is 9.47 Å². The Morgan fingerprint density at radius 2 is 1.87 bits per heavy atom. The largest absolute Gasteiger partial charge is 0.381 e. The Kier molecular flexibility index (Phi) is 11.8. The number of nitrogens with one attached hydrogen (secondary N) is 2. The highest BCUT2D eigenvalue weighted by Gasteiger charge is 2.14. The molecule has 0 spiro atoms. The number of hydrogen-bond acceptors (Lipinski definition) is 3. The van der Waals surface area contributed by atoms with Gasteiger partial charge in [-0.05, 0) is 48.9 Å². The topological polar surface area (TPSA) is 54.9 Å². The highest BCUT2D eigenvalue weighted by atomic mass is 127. The molecule has 1 fully saturated rings. The van der Waals surface area contributed by atoms with Crippen LogP contribution < -0.4 is 10.6 Å². The summed E-state index contributed by atoms with van der Waals surface area (Å²) in [7, 11) is 0. The minimum Gasteiger partial charge on any atom is -0.381 e. The third-order valence-electron chi connectivity index (χ3n) is 5.05. The molecule has 2 aromatic carbocycles. The van der Waals surface area contributed by atoms with Crippen LogP contribution >= 0.6 is 24.0 Å². The van der Waals surface area contributed by atoms with E-state index >= 15 is 0 Å². The van der Waals surface area contributed by atoms with Gasteiger partial charge in [-0.1, -0.05) is 42.5 Å². The van der Waals surface area contributed by atoms with Gasteiger partial charge in [-0.3, -0.25) is 0 Å². The summed E-state index contributed by atoms with van der Waals surface area (Å²) in [5.74, 6) is 0.568. The van der Waals surface area contributed by atoms with E-state index in [0.717, 1.165) is 49.7 Å². The average molecular weight is 541 g/mol. The first kappa shape index (κ1) is 25.5. The van der Waals surface area contributed by atoms with Crippen molar-refractivity contribution in [3.8, 4) is 0 Å². The zero-order valence-corrected chi connectivity index (χ0v) is 20.4. The van der Waals surface area contributed by atoms with Gasteiger partial charge in [-0.2, -0.15) is 0 Å². The van der Waals surface area contributed by atoms with E-state index in [9.17, 15) is 4.39 Å². The molecule has 0 saturated carbocycles. The Morgan fingerprint density at radius 1 is 1.10 bits per heavy atom. The molecule has 0 atom stereocenters. The van der Waals surface area contributed by atoms with E-state index in [-0.39, 0.29) is 29.8 Å². The lowest BCUT2D eigenvalue weighted by atomic mass is 10.1. The van der Waals surface area contributed by atoms with Gasteiger partial charge in [0.25, 0.3) is 0 Å². The van der Waals surface area contributed by atoms with Crippen molar-refractivity contribution >= 4 is 29.9 Å². The Balaban J connectivity index is 0.00000341. The summed E-state index contributed by atoms with van der Waals surface area (Å²) in [5, 5.41) is 6.53. The molecular formula is C24H33FIN3O2. The van der Waals surface area contributed by atoms with E-state index < -0.39 is 0 Å². The van der Waals surface area contributed by atoms with Crippen molar-refractivity contribution in [2.75, 3.05) is 26.3 Å². The molecule has 170 valence electrons. The molecule has 1 aliphatic heterocycles. The number of benzene rings is 2. The average Bonchev–Trinajstić information content (AvgIpc) is 2.78. The minimum absolute atomic E-state index is 0. The number of guanidine groups is 1. The maximum atomic E-state index is 13.8. The van der Waals surface area contributed by atoms with Crippen molar-refractivity contribution < 1.29 is 13.9 Å². The Hall–Kier alpha value is -1.71. The highest BCUT2D eigenvalue weighted by Crippen LogP contribution is 2.14. The molecule has 1 heterocycles. The molecule has 0 amide bonds. The van der Waals surface area contributed by atoms with Crippen LogP contribution in [0, 0.1) is 5.82 Å². The zero-order valence-electron chi connectivity index (χ0n) is 18.1. The van der Waals surface area contributed by atoms with E-state index in [0.29, 0.717) is 37.8 Å². The maximum absolute atomic E-state index is 13.8. The summed E-state index contributed by atoms with van der Waals surface area (Å²) in [4.78, 5) is 4.67. The molecule has 0 bridgehead atoms. The third-order valence-corrected chi connectivity index (χ3v) is 5.05. The zero-order chi connectivity index (χ0) is 21.0. The van der Waals surface area contributed by atoms with Gasteiger partial charge in [0.05, 0.1) is 19.3 Å². The Morgan fingerprint density at radius 3 is 2.65 bits per heavy atom. The molecule has 2 N–H and O–H groups in total. The first-order valence-electron chi connectivity index (χ1n) is 10.8. The van der Waals surface area contributed by atoms with E-state index in [1.807, 2.05) is 25.1 Å². The fraction of sp³-hybridized carbons (Fsp3) is 0.458. The van der Waals surface area contributed by atoms with Crippen LogP contribution in [0.1, 0.15) is 36.5 Å². The van der Waals surface area contributed by atoms with Crippen molar-refractivity contribution in [3.05, 3.63) is 71.0 Å². The number of halogens is 2. The molecule has 3 rings (SSSR count). The van der Waals surface area contributed by atoms with E-state index in [2.05, 4.69) is 33.8 Å². The highest BCUT2D eigenvalue weighted by molar-refractivity contribution is 14.0. The van der Waals surface area contributed by atoms with Crippen LogP contribution in [-0.4, -0.2) is 38.4 Å². The summed E-state index contributed by atoms with van der Waals surface area (Å²) >= 11 is 0. The smallest absolute Gasteiger partial charge is 0.191 e. The molecule has 0 radical (unpaired) electrons. The van der Waals surface area contributed by atoms with E-state index in [1.165, 1.54) is 6.07 Å². The van der Waals surface area contributed by atoms with Crippen LogP contribution in [0.5, 0.6) is 0 Å². The summed E-state index contributed by atoms with van der Waals surface area (Å²) in [6, 6.07) is 15.2. The Labute approximate surface area is 201 Å². The number of ether oxygens (including phenoxy) is 2. The van der Waals surface area contributed by atoms with Crippen molar-refractivity contribution in [1.29, 1.82) is 0 Å². The van der Waals surface area contributed by atoms with Gasteiger partial charge in [0.15, 0.2) is 5.96 Å². The normalized spacial score (nSPS) is 14.7. The van der Waals surface area contributed by atoms with Crippen molar-refractivity contribution in [1.82, 2.24) is 10.6 Å². The lowest BCUT2D eigenvalue weighted by molar-refractivity contribution is -0.0390. The van der Waals surface area contributed by atoms with Crippen LogP contribution in [0.25, 0.3) is 0 Å².